The monoisotopic (exact) mass is 252 g/mol. The van der Waals surface area contributed by atoms with Gasteiger partial charge in [0, 0.05) is 25.0 Å². The van der Waals surface area contributed by atoms with Crippen LogP contribution in [0.3, 0.4) is 0 Å². The summed E-state index contributed by atoms with van der Waals surface area (Å²) in [7, 11) is 0. The Morgan fingerprint density at radius 1 is 1.16 bits per heavy atom. The first-order chi connectivity index (χ1) is 9.34. The maximum absolute atomic E-state index is 11.6. The number of hydrogen-bond acceptors (Lipinski definition) is 2. The molecule has 19 heavy (non-hydrogen) atoms. The fourth-order valence-corrected chi connectivity index (χ4v) is 1.67. The lowest BCUT2D eigenvalue weighted by Gasteiger charge is -2.01. The maximum Gasteiger partial charge on any atom is 0.244 e. The molecule has 0 atom stereocenters. The van der Waals surface area contributed by atoms with Gasteiger partial charge in [-0.05, 0) is 29.7 Å². The Morgan fingerprint density at radius 3 is 2.74 bits per heavy atom. The number of hydrogen-bond donors (Lipinski definition) is 1. The van der Waals surface area contributed by atoms with E-state index >= 15 is 0 Å². The molecule has 1 N–H and O–H groups in total. The molecule has 96 valence electrons. The number of benzene rings is 1. The summed E-state index contributed by atoms with van der Waals surface area (Å²) in [4.78, 5) is 15.6. The second kappa shape index (κ2) is 7.11. The lowest BCUT2D eigenvalue weighted by molar-refractivity contribution is -0.116. The first-order valence-electron chi connectivity index (χ1n) is 6.24. The summed E-state index contributed by atoms with van der Waals surface area (Å²) in [6.07, 6.45) is 7.70. The number of rotatable bonds is 5. The topological polar surface area (TPSA) is 42.0 Å². The summed E-state index contributed by atoms with van der Waals surface area (Å²) in [6.45, 7) is 0.615. The SMILES string of the molecule is O=C(/C=C/c1ccccc1)NCCc1cccnc1. The van der Waals surface area contributed by atoms with Gasteiger partial charge in [0.05, 0.1) is 0 Å². The third kappa shape index (κ3) is 4.76. The van der Waals surface area contributed by atoms with Crippen LogP contribution in [0.25, 0.3) is 6.08 Å². The molecule has 2 rings (SSSR count). The zero-order valence-electron chi connectivity index (χ0n) is 10.6. The maximum atomic E-state index is 11.6. The summed E-state index contributed by atoms with van der Waals surface area (Å²) in [5.41, 5.74) is 2.14. The highest BCUT2D eigenvalue weighted by atomic mass is 16.1. The van der Waals surface area contributed by atoms with Crippen LogP contribution >= 0.6 is 0 Å². The Kier molecular flexibility index (Phi) is 4.87. The molecule has 1 aromatic heterocycles. The Morgan fingerprint density at radius 2 is 2.00 bits per heavy atom. The molecule has 0 aliphatic rings. The van der Waals surface area contributed by atoms with Crippen molar-refractivity contribution in [3.05, 3.63) is 72.1 Å². The fourth-order valence-electron chi connectivity index (χ4n) is 1.67. The van der Waals surface area contributed by atoms with Gasteiger partial charge >= 0.3 is 0 Å². The number of carbonyl (C=O) groups is 1. The number of aromatic nitrogens is 1. The Bertz CT molecular complexity index is 535. The van der Waals surface area contributed by atoms with Crippen LogP contribution in [-0.2, 0) is 11.2 Å². The molecule has 0 aliphatic carbocycles. The Hall–Kier alpha value is -2.42. The fraction of sp³-hybridized carbons (Fsp3) is 0.125. The van der Waals surface area contributed by atoms with E-state index in [4.69, 9.17) is 0 Å². The van der Waals surface area contributed by atoms with Crippen molar-refractivity contribution in [3.63, 3.8) is 0 Å². The Labute approximate surface area is 113 Å². The number of nitrogens with one attached hydrogen (secondary N) is 1. The van der Waals surface area contributed by atoms with Gasteiger partial charge in [-0.2, -0.15) is 0 Å². The van der Waals surface area contributed by atoms with E-state index in [1.165, 1.54) is 0 Å². The molecule has 3 nitrogen and oxygen atoms in total. The van der Waals surface area contributed by atoms with Crippen LogP contribution in [0.1, 0.15) is 11.1 Å². The van der Waals surface area contributed by atoms with E-state index < -0.39 is 0 Å². The van der Waals surface area contributed by atoms with Gasteiger partial charge in [0.25, 0.3) is 0 Å². The van der Waals surface area contributed by atoms with E-state index in [1.807, 2.05) is 48.7 Å². The number of pyridine rings is 1. The summed E-state index contributed by atoms with van der Waals surface area (Å²) in [6, 6.07) is 13.6. The van der Waals surface area contributed by atoms with Crippen LogP contribution < -0.4 is 5.32 Å². The minimum atomic E-state index is -0.0762. The average Bonchev–Trinajstić information content (AvgIpc) is 2.47. The minimum absolute atomic E-state index is 0.0762. The third-order valence-electron chi connectivity index (χ3n) is 2.66. The molecule has 1 heterocycles. The van der Waals surface area contributed by atoms with Crippen molar-refractivity contribution in [1.29, 1.82) is 0 Å². The van der Waals surface area contributed by atoms with Crippen molar-refractivity contribution in [2.24, 2.45) is 0 Å². The van der Waals surface area contributed by atoms with Crippen molar-refractivity contribution >= 4 is 12.0 Å². The third-order valence-corrected chi connectivity index (χ3v) is 2.66. The van der Waals surface area contributed by atoms with Gasteiger partial charge in [-0.15, -0.1) is 0 Å². The van der Waals surface area contributed by atoms with Crippen LogP contribution in [0.2, 0.25) is 0 Å². The highest BCUT2D eigenvalue weighted by Gasteiger charge is 1.96. The largest absolute Gasteiger partial charge is 0.352 e. The van der Waals surface area contributed by atoms with Crippen LogP contribution in [-0.4, -0.2) is 17.4 Å². The molecule has 0 radical (unpaired) electrons. The normalized spacial score (nSPS) is 10.5. The lowest BCUT2D eigenvalue weighted by atomic mass is 10.2. The second-order valence-corrected chi connectivity index (χ2v) is 4.15. The van der Waals surface area contributed by atoms with Crippen molar-refractivity contribution in [2.45, 2.75) is 6.42 Å². The quantitative estimate of drug-likeness (QED) is 0.830. The standard InChI is InChI=1S/C16H16N2O/c19-16(9-8-14-5-2-1-3-6-14)18-12-10-15-7-4-11-17-13-15/h1-9,11,13H,10,12H2,(H,18,19)/b9-8+. The predicted molar refractivity (Wildman–Crippen MR) is 76.4 cm³/mol. The van der Waals surface area contributed by atoms with Gasteiger partial charge in [0.15, 0.2) is 0 Å². The number of amides is 1. The predicted octanol–water partition coefficient (Wildman–Crippen LogP) is 2.45. The van der Waals surface area contributed by atoms with Crippen LogP contribution in [0.15, 0.2) is 60.9 Å². The lowest BCUT2D eigenvalue weighted by Crippen LogP contribution is -2.23. The molecule has 3 heteroatoms. The van der Waals surface area contributed by atoms with E-state index in [-0.39, 0.29) is 5.91 Å². The molecule has 2 aromatic rings. The number of nitrogens with zero attached hydrogens (tertiary/aromatic N) is 1. The molecular weight excluding hydrogens is 236 g/mol. The molecule has 1 amide bonds. The average molecular weight is 252 g/mol. The molecule has 1 aromatic carbocycles. The molecule has 0 bridgehead atoms. The van der Waals surface area contributed by atoms with Gasteiger partial charge in [-0.3, -0.25) is 9.78 Å². The van der Waals surface area contributed by atoms with Gasteiger partial charge in [-0.25, -0.2) is 0 Å². The van der Waals surface area contributed by atoms with E-state index in [0.717, 1.165) is 17.5 Å². The minimum Gasteiger partial charge on any atom is -0.352 e. The van der Waals surface area contributed by atoms with E-state index in [9.17, 15) is 4.79 Å². The van der Waals surface area contributed by atoms with Gasteiger partial charge in [0.2, 0.25) is 5.91 Å². The van der Waals surface area contributed by atoms with Crippen LogP contribution in [0.5, 0.6) is 0 Å². The number of carbonyl (C=O) groups excluding carboxylic acids is 1. The molecule has 0 saturated heterocycles. The smallest absolute Gasteiger partial charge is 0.244 e. The molecular formula is C16H16N2O. The first kappa shape index (κ1) is 13.0. The second-order valence-electron chi connectivity index (χ2n) is 4.15. The van der Waals surface area contributed by atoms with Crippen molar-refractivity contribution < 1.29 is 4.79 Å². The van der Waals surface area contributed by atoms with E-state index in [1.54, 1.807) is 18.3 Å². The molecule has 0 spiro atoms. The summed E-state index contributed by atoms with van der Waals surface area (Å²) >= 11 is 0. The van der Waals surface area contributed by atoms with Crippen LogP contribution in [0.4, 0.5) is 0 Å². The molecule has 0 aliphatic heterocycles. The van der Waals surface area contributed by atoms with Gasteiger partial charge in [-0.1, -0.05) is 36.4 Å². The summed E-state index contributed by atoms with van der Waals surface area (Å²) < 4.78 is 0. The summed E-state index contributed by atoms with van der Waals surface area (Å²) in [5.74, 6) is -0.0762. The van der Waals surface area contributed by atoms with E-state index in [2.05, 4.69) is 10.3 Å². The highest BCUT2D eigenvalue weighted by molar-refractivity contribution is 5.91. The zero-order chi connectivity index (χ0) is 13.3. The van der Waals surface area contributed by atoms with Crippen molar-refractivity contribution in [2.75, 3.05) is 6.54 Å². The van der Waals surface area contributed by atoms with E-state index in [0.29, 0.717) is 6.54 Å². The Balaban J connectivity index is 1.75. The highest BCUT2D eigenvalue weighted by Crippen LogP contribution is 2.00. The first-order valence-corrected chi connectivity index (χ1v) is 6.24. The molecule has 0 fully saturated rings. The van der Waals surface area contributed by atoms with Crippen molar-refractivity contribution in [1.82, 2.24) is 10.3 Å². The molecule has 0 saturated carbocycles. The molecule has 0 unspecified atom stereocenters. The van der Waals surface area contributed by atoms with Gasteiger partial charge in [0.1, 0.15) is 0 Å². The van der Waals surface area contributed by atoms with Crippen LogP contribution in [0, 0.1) is 0 Å². The van der Waals surface area contributed by atoms with Crippen molar-refractivity contribution in [3.8, 4) is 0 Å². The zero-order valence-corrected chi connectivity index (χ0v) is 10.6. The summed E-state index contributed by atoms with van der Waals surface area (Å²) in [5, 5.41) is 2.85. The van der Waals surface area contributed by atoms with Gasteiger partial charge < -0.3 is 5.32 Å².